The lowest BCUT2D eigenvalue weighted by atomic mass is 10.1. The number of hydrogen-bond donors (Lipinski definition) is 1. The van der Waals surface area contributed by atoms with Crippen molar-refractivity contribution < 1.29 is 13.5 Å². The fourth-order valence-corrected chi connectivity index (χ4v) is 4.45. The van der Waals surface area contributed by atoms with E-state index in [0.717, 1.165) is 25.1 Å². The van der Waals surface area contributed by atoms with Crippen molar-refractivity contribution in [1.82, 2.24) is 9.55 Å². The van der Waals surface area contributed by atoms with E-state index in [0.29, 0.717) is 12.2 Å². The van der Waals surface area contributed by atoms with E-state index in [2.05, 4.69) is 11.9 Å². The highest BCUT2D eigenvalue weighted by Crippen LogP contribution is 2.29. The van der Waals surface area contributed by atoms with Gasteiger partial charge in [-0.1, -0.05) is 0 Å². The molecule has 3 rings (SSSR count). The molecule has 0 amide bonds. The summed E-state index contributed by atoms with van der Waals surface area (Å²) in [6, 6.07) is 6.42. The second-order valence-electron chi connectivity index (χ2n) is 5.83. The summed E-state index contributed by atoms with van der Waals surface area (Å²) in [6.07, 6.45) is 4.54. The van der Waals surface area contributed by atoms with Crippen LogP contribution < -0.4 is 4.31 Å². The number of anilines is 1. The first kappa shape index (κ1) is 15.9. The number of sulfonamides is 1. The Morgan fingerprint density at radius 2 is 2.04 bits per heavy atom. The Morgan fingerprint density at radius 1 is 1.35 bits per heavy atom. The van der Waals surface area contributed by atoms with Crippen LogP contribution in [0.1, 0.15) is 38.6 Å². The van der Waals surface area contributed by atoms with Gasteiger partial charge in [0.15, 0.2) is 5.03 Å². The molecule has 0 saturated heterocycles. The Balaban J connectivity index is 2.01. The molecule has 0 spiro atoms. The van der Waals surface area contributed by atoms with Crippen LogP contribution in [0.4, 0.5) is 5.69 Å². The number of aryl methyl sites for hydroxylation is 1. The standard InChI is InChI=1S/C16H21N3O3S/c1-3-19(13-7-9-14(20)10-8-13)23(21,22)16-11-18-12(2)5-4-6-15(18)17-16/h7-12,20H,3-6H2,1-2H3. The van der Waals surface area contributed by atoms with Gasteiger partial charge in [0.1, 0.15) is 11.6 Å². The fourth-order valence-electron chi connectivity index (χ4n) is 3.02. The summed E-state index contributed by atoms with van der Waals surface area (Å²) in [5, 5.41) is 9.48. The highest BCUT2D eigenvalue weighted by molar-refractivity contribution is 7.92. The van der Waals surface area contributed by atoms with E-state index < -0.39 is 10.0 Å². The largest absolute Gasteiger partial charge is 0.508 e. The molecule has 0 radical (unpaired) electrons. The number of benzene rings is 1. The molecular weight excluding hydrogens is 314 g/mol. The third-order valence-corrected chi connectivity index (χ3v) is 6.04. The van der Waals surface area contributed by atoms with Gasteiger partial charge in [0.05, 0.1) is 5.69 Å². The van der Waals surface area contributed by atoms with Crippen molar-refractivity contribution in [3.8, 4) is 5.75 Å². The van der Waals surface area contributed by atoms with Crippen LogP contribution in [-0.2, 0) is 16.4 Å². The topological polar surface area (TPSA) is 75.4 Å². The van der Waals surface area contributed by atoms with E-state index in [1.165, 1.54) is 16.4 Å². The molecule has 1 aliphatic heterocycles. The van der Waals surface area contributed by atoms with E-state index in [1.54, 1.807) is 25.3 Å². The molecule has 7 heteroatoms. The highest BCUT2D eigenvalue weighted by atomic mass is 32.2. The number of phenolic OH excluding ortho intramolecular Hbond substituents is 1. The Hall–Kier alpha value is -2.02. The van der Waals surface area contributed by atoms with Gasteiger partial charge in [0, 0.05) is 25.2 Å². The Bertz CT molecular complexity index is 796. The third-order valence-electron chi connectivity index (χ3n) is 4.26. The van der Waals surface area contributed by atoms with Crippen LogP contribution in [0.25, 0.3) is 0 Å². The molecule has 2 aromatic rings. The maximum atomic E-state index is 13.0. The summed E-state index contributed by atoms with van der Waals surface area (Å²) in [7, 11) is -3.71. The van der Waals surface area contributed by atoms with Gasteiger partial charge in [-0.3, -0.25) is 4.31 Å². The molecular formula is C16H21N3O3S. The Kier molecular flexibility index (Phi) is 4.06. The monoisotopic (exact) mass is 335 g/mol. The number of aromatic nitrogens is 2. The molecule has 1 aromatic carbocycles. The van der Waals surface area contributed by atoms with Gasteiger partial charge >= 0.3 is 0 Å². The first-order valence-corrected chi connectivity index (χ1v) is 9.27. The van der Waals surface area contributed by atoms with Crippen LogP contribution in [0.2, 0.25) is 0 Å². The number of fused-ring (bicyclic) bond motifs is 1. The van der Waals surface area contributed by atoms with Crippen molar-refractivity contribution in [3.05, 3.63) is 36.3 Å². The van der Waals surface area contributed by atoms with Gasteiger partial charge in [-0.2, -0.15) is 8.42 Å². The zero-order valence-corrected chi connectivity index (χ0v) is 14.1. The second kappa shape index (κ2) is 5.88. The molecule has 0 fully saturated rings. The van der Waals surface area contributed by atoms with E-state index in [-0.39, 0.29) is 16.8 Å². The van der Waals surface area contributed by atoms with Crippen molar-refractivity contribution in [1.29, 1.82) is 0 Å². The molecule has 0 saturated carbocycles. The lowest BCUT2D eigenvalue weighted by molar-refractivity contribution is 0.425. The molecule has 1 aromatic heterocycles. The average Bonchev–Trinajstić information content (AvgIpc) is 2.96. The first-order chi connectivity index (χ1) is 10.9. The minimum atomic E-state index is -3.71. The predicted molar refractivity (Wildman–Crippen MR) is 88.2 cm³/mol. The van der Waals surface area contributed by atoms with Gasteiger partial charge in [-0.15, -0.1) is 0 Å². The first-order valence-electron chi connectivity index (χ1n) is 7.83. The molecule has 23 heavy (non-hydrogen) atoms. The average molecular weight is 335 g/mol. The SMILES string of the molecule is CCN(c1ccc(O)cc1)S(=O)(=O)c1cn2c(n1)CCCC2C. The third kappa shape index (κ3) is 2.81. The normalized spacial score (nSPS) is 17.7. The summed E-state index contributed by atoms with van der Waals surface area (Å²) in [5.41, 5.74) is 0.518. The molecule has 6 nitrogen and oxygen atoms in total. The molecule has 1 N–H and O–H groups in total. The number of nitrogens with zero attached hydrogens (tertiary/aromatic N) is 3. The van der Waals surface area contributed by atoms with E-state index in [9.17, 15) is 13.5 Å². The molecule has 1 unspecified atom stereocenters. The van der Waals surface area contributed by atoms with Crippen LogP contribution in [0, 0.1) is 0 Å². The van der Waals surface area contributed by atoms with Crippen LogP contribution >= 0.6 is 0 Å². The molecule has 0 bridgehead atoms. The van der Waals surface area contributed by atoms with E-state index >= 15 is 0 Å². The van der Waals surface area contributed by atoms with Crippen LogP contribution in [0.5, 0.6) is 5.75 Å². The minimum Gasteiger partial charge on any atom is -0.508 e. The van der Waals surface area contributed by atoms with E-state index in [4.69, 9.17) is 0 Å². The van der Waals surface area contributed by atoms with Gasteiger partial charge < -0.3 is 9.67 Å². The summed E-state index contributed by atoms with van der Waals surface area (Å²) >= 11 is 0. The van der Waals surface area contributed by atoms with Crippen molar-refractivity contribution >= 4 is 15.7 Å². The van der Waals surface area contributed by atoms with Crippen LogP contribution in [-0.4, -0.2) is 29.6 Å². The Morgan fingerprint density at radius 3 is 2.65 bits per heavy atom. The van der Waals surface area contributed by atoms with E-state index in [1.807, 2.05) is 4.57 Å². The minimum absolute atomic E-state index is 0.0937. The van der Waals surface area contributed by atoms with Gasteiger partial charge in [0.2, 0.25) is 0 Å². The number of hydrogen-bond acceptors (Lipinski definition) is 4. The fraction of sp³-hybridized carbons (Fsp3) is 0.438. The smallest absolute Gasteiger partial charge is 0.283 e. The number of aromatic hydroxyl groups is 1. The quantitative estimate of drug-likeness (QED) is 0.932. The summed E-state index contributed by atoms with van der Waals surface area (Å²) in [5.74, 6) is 0.942. The van der Waals surface area contributed by atoms with Crippen molar-refractivity contribution in [2.24, 2.45) is 0 Å². The summed E-state index contributed by atoms with van der Waals surface area (Å²) < 4.78 is 29.2. The summed E-state index contributed by atoms with van der Waals surface area (Å²) in [4.78, 5) is 4.37. The zero-order chi connectivity index (χ0) is 16.6. The lowest BCUT2D eigenvalue weighted by Crippen LogP contribution is -2.31. The molecule has 1 atom stereocenters. The molecule has 1 aliphatic rings. The zero-order valence-electron chi connectivity index (χ0n) is 13.3. The Labute approximate surface area is 136 Å². The molecule has 124 valence electrons. The number of phenols is 1. The lowest BCUT2D eigenvalue weighted by Gasteiger charge is -2.21. The van der Waals surface area contributed by atoms with Crippen molar-refractivity contribution in [2.75, 3.05) is 10.8 Å². The summed E-state index contributed by atoms with van der Waals surface area (Å²) in [6.45, 7) is 4.16. The molecule has 2 heterocycles. The van der Waals surface area contributed by atoms with Crippen LogP contribution in [0.15, 0.2) is 35.5 Å². The highest BCUT2D eigenvalue weighted by Gasteiger charge is 2.29. The predicted octanol–water partition coefficient (Wildman–Crippen LogP) is 2.70. The second-order valence-corrected chi connectivity index (χ2v) is 7.64. The van der Waals surface area contributed by atoms with Crippen molar-refractivity contribution in [3.63, 3.8) is 0 Å². The molecule has 0 aliphatic carbocycles. The number of imidazole rings is 1. The maximum absolute atomic E-state index is 13.0. The maximum Gasteiger partial charge on any atom is 0.283 e. The van der Waals surface area contributed by atoms with Crippen molar-refractivity contribution in [2.45, 2.75) is 44.2 Å². The van der Waals surface area contributed by atoms with Gasteiger partial charge in [-0.25, -0.2) is 4.98 Å². The van der Waals surface area contributed by atoms with Gasteiger partial charge in [-0.05, 0) is 51.0 Å². The van der Waals surface area contributed by atoms with Gasteiger partial charge in [0.25, 0.3) is 10.0 Å². The van der Waals surface area contributed by atoms with Crippen LogP contribution in [0.3, 0.4) is 0 Å². The number of rotatable bonds is 4.